The van der Waals surface area contributed by atoms with E-state index in [2.05, 4.69) is 15.6 Å². The number of aryl methyl sites for hydroxylation is 1. The Morgan fingerprint density at radius 3 is 2.56 bits per heavy atom. The molecule has 36 heavy (non-hydrogen) atoms. The first-order chi connectivity index (χ1) is 17.5. The normalized spacial score (nSPS) is 14.6. The molecule has 3 amide bonds. The summed E-state index contributed by atoms with van der Waals surface area (Å²) < 4.78 is 5.14. The Balaban J connectivity index is 1.70. The largest absolute Gasteiger partial charge is 0.459 e. The lowest BCUT2D eigenvalue weighted by molar-refractivity contribution is -0.127. The van der Waals surface area contributed by atoms with Crippen LogP contribution in [0.4, 0.5) is 5.69 Å². The van der Waals surface area contributed by atoms with E-state index in [-0.39, 0.29) is 24.3 Å². The van der Waals surface area contributed by atoms with Crippen LogP contribution in [0.1, 0.15) is 65.4 Å². The Kier molecular flexibility index (Phi) is 8.15. The molecule has 2 aromatic heterocycles. The van der Waals surface area contributed by atoms with Gasteiger partial charge < -0.3 is 15.1 Å². The lowest BCUT2D eigenvalue weighted by Gasteiger charge is -2.34. The average molecular weight is 489 g/mol. The number of rotatable bonds is 8. The van der Waals surface area contributed by atoms with Gasteiger partial charge >= 0.3 is 0 Å². The highest BCUT2D eigenvalue weighted by atomic mass is 16.3. The summed E-state index contributed by atoms with van der Waals surface area (Å²) in [4.78, 5) is 45.8. The second-order valence-corrected chi connectivity index (χ2v) is 9.18. The summed E-state index contributed by atoms with van der Waals surface area (Å²) in [6.07, 6.45) is 9.78. The van der Waals surface area contributed by atoms with E-state index in [9.17, 15) is 14.4 Å². The fourth-order valence-corrected chi connectivity index (χ4v) is 4.63. The SMILES string of the molecule is Cc1cccc(N(C(=O)CNC(=O)c2ccco2)C(C(=O)NC2CCCCC2)c2cccnc2)c1C. The summed E-state index contributed by atoms with van der Waals surface area (Å²) in [5, 5.41) is 5.81. The molecule has 2 N–H and O–H groups in total. The number of hydrogen-bond donors (Lipinski definition) is 2. The van der Waals surface area contributed by atoms with Crippen molar-refractivity contribution in [2.75, 3.05) is 11.4 Å². The molecule has 1 saturated carbocycles. The standard InChI is InChI=1S/C28H32N4O4/c1-19-9-6-13-23(20(19)2)32(25(33)18-30-27(34)24-14-8-16-36-24)26(21-10-7-15-29-17-21)28(35)31-22-11-4-3-5-12-22/h6-10,13-17,22,26H,3-5,11-12,18H2,1-2H3,(H,30,34)(H,31,35). The van der Waals surface area contributed by atoms with Crippen LogP contribution >= 0.6 is 0 Å². The molecular weight excluding hydrogens is 456 g/mol. The number of aromatic nitrogens is 1. The summed E-state index contributed by atoms with van der Waals surface area (Å²) in [6, 6.07) is 11.4. The van der Waals surface area contributed by atoms with Crippen molar-refractivity contribution in [1.82, 2.24) is 15.6 Å². The Morgan fingerprint density at radius 2 is 1.86 bits per heavy atom. The van der Waals surface area contributed by atoms with Gasteiger partial charge in [-0.25, -0.2) is 0 Å². The van der Waals surface area contributed by atoms with Crippen LogP contribution < -0.4 is 15.5 Å². The van der Waals surface area contributed by atoms with E-state index in [0.717, 1.165) is 36.8 Å². The molecule has 2 heterocycles. The maximum absolute atomic E-state index is 13.8. The number of anilines is 1. The van der Waals surface area contributed by atoms with Gasteiger partial charge in [-0.3, -0.25) is 24.3 Å². The van der Waals surface area contributed by atoms with Gasteiger partial charge in [0.2, 0.25) is 11.8 Å². The molecule has 188 valence electrons. The Hall–Kier alpha value is -3.94. The maximum atomic E-state index is 13.8. The lowest BCUT2D eigenvalue weighted by atomic mass is 9.94. The van der Waals surface area contributed by atoms with Gasteiger partial charge in [-0.2, -0.15) is 0 Å². The van der Waals surface area contributed by atoms with E-state index in [0.29, 0.717) is 11.3 Å². The second-order valence-electron chi connectivity index (χ2n) is 9.18. The third kappa shape index (κ3) is 5.82. The molecular formula is C28H32N4O4. The van der Waals surface area contributed by atoms with E-state index < -0.39 is 17.9 Å². The van der Waals surface area contributed by atoms with Gasteiger partial charge in [-0.1, -0.05) is 37.5 Å². The highest BCUT2D eigenvalue weighted by Gasteiger charge is 2.35. The van der Waals surface area contributed by atoms with Crippen LogP contribution in [0.15, 0.2) is 65.5 Å². The van der Waals surface area contributed by atoms with E-state index in [1.807, 2.05) is 32.0 Å². The highest BCUT2D eigenvalue weighted by Crippen LogP contribution is 2.32. The van der Waals surface area contributed by atoms with Crippen molar-refractivity contribution in [3.63, 3.8) is 0 Å². The molecule has 0 spiro atoms. The minimum absolute atomic E-state index is 0.0691. The minimum atomic E-state index is -0.950. The van der Waals surface area contributed by atoms with Crippen LogP contribution in [0.2, 0.25) is 0 Å². The summed E-state index contributed by atoms with van der Waals surface area (Å²) in [5.41, 5.74) is 3.07. The molecule has 1 fully saturated rings. The van der Waals surface area contributed by atoms with E-state index in [4.69, 9.17) is 4.42 Å². The third-order valence-electron chi connectivity index (χ3n) is 6.71. The van der Waals surface area contributed by atoms with Gasteiger partial charge in [-0.15, -0.1) is 0 Å². The second kappa shape index (κ2) is 11.7. The molecule has 1 aromatic carbocycles. The Bertz CT molecular complexity index is 1190. The van der Waals surface area contributed by atoms with Crippen LogP contribution in [-0.4, -0.2) is 35.3 Å². The fraction of sp³-hybridized carbons (Fsp3) is 0.357. The molecule has 0 aliphatic heterocycles. The van der Waals surface area contributed by atoms with Crippen LogP contribution in [-0.2, 0) is 9.59 Å². The van der Waals surface area contributed by atoms with Gasteiger partial charge in [0.1, 0.15) is 6.04 Å². The van der Waals surface area contributed by atoms with Crippen LogP contribution in [0.25, 0.3) is 0 Å². The van der Waals surface area contributed by atoms with E-state index >= 15 is 0 Å². The van der Waals surface area contributed by atoms with Crippen LogP contribution in [0.5, 0.6) is 0 Å². The highest BCUT2D eigenvalue weighted by molar-refractivity contribution is 6.04. The molecule has 1 unspecified atom stereocenters. The van der Waals surface area contributed by atoms with Crippen molar-refractivity contribution in [1.29, 1.82) is 0 Å². The lowest BCUT2D eigenvalue weighted by Crippen LogP contribution is -2.50. The zero-order chi connectivity index (χ0) is 25.5. The monoisotopic (exact) mass is 488 g/mol. The first-order valence-electron chi connectivity index (χ1n) is 12.4. The van der Waals surface area contributed by atoms with Crippen molar-refractivity contribution in [2.24, 2.45) is 0 Å². The number of hydrogen-bond acceptors (Lipinski definition) is 5. The molecule has 0 bridgehead atoms. The van der Waals surface area contributed by atoms with Gasteiger partial charge in [0, 0.05) is 29.7 Å². The van der Waals surface area contributed by atoms with Crippen molar-refractivity contribution in [3.05, 3.63) is 83.6 Å². The number of carbonyl (C=O) groups is 3. The predicted octanol–water partition coefficient (Wildman–Crippen LogP) is 4.24. The van der Waals surface area contributed by atoms with E-state index in [1.54, 1.807) is 30.6 Å². The van der Waals surface area contributed by atoms with Crippen molar-refractivity contribution >= 4 is 23.4 Å². The average Bonchev–Trinajstić information content (AvgIpc) is 3.44. The summed E-state index contributed by atoms with van der Waals surface area (Å²) >= 11 is 0. The third-order valence-corrected chi connectivity index (χ3v) is 6.71. The topological polar surface area (TPSA) is 105 Å². The molecule has 1 aliphatic carbocycles. The quantitative estimate of drug-likeness (QED) is 0.493. The number of amides is 3. The van der Waals surface area contributed by atoms with Crippen molar-refractivity contribution < 1.29 is 18.8 Å². The molecule has 8 nitrogen and oxygen atoms in total. The number of nitrogens with one attached hydrogen (secondary N) is 2. The van der Waals surface area contributed by atoms with Crippen molar-refractivity contribution in [3.8, 4) is 0 Å². The molecule has 4 rings (SSSR count). The molecule has 8 heteroatoms. The summed E-state index contributed by atoms with van der Waals surface area (Å²) in [5.74, 6) is -1.07. The zero-order valence-corrected chi connectivity index (χ0v) is 20.7. The molecule has 0 radical (unpaired) electrons. The first-order valence-corrected chi connectivity index (χ1v) is 12.4. The predicted molar refractivity (Wildman–Crippen MR) is 136 cm³/mol. The number of carbonyl (C=O) groups excluding carboxylic acids is 3. The molecule has 1 atom stereocenters. The smallest absolute Gasteiger partial charge is 0.287 e. The minimum Gasteiger partial charge on any atom is -0.459 e. The fourth-order valence-electron chi connectivity index (χ4n) is 4.63. The number of benzene rings is 1. The van der Waals surface area contributed by atoms with Crippen LogP contribution in [0.3, 0.4) is 0 Å². The molecule has 1 aliphatic rings. The molecule has 0 saturated heterocycles. The van der Waals surface area contributed by atoms with Gasteiger partial charge in [0.25, 0.3) is 5.91 Å². The maximum Gasteiger partial charge on any atom is 0.287 e. The van der Waals surface area contributed by atoms with Gasteiger partial charge in [0.05, 0.1) is 12.8 Å². The van der Waals surface area contributed by atoms with Crippen LogP contribution in [0, 0.1) is 13.8 Å². The number of pyridine rings is 1. The summed E-state index contributed by atoms with van der Waals surface area (Å²) in [6.45, 7) is 3.58. The summed E-state index contributed by atoms with van der Waals surface area (Å²) in [7, 11) is 0. The Labute approximate surface area is 211 Å². The first kappa shape index (κ1) is 25.2. The Morgan fingerprint density at radius 1 is 1.06 bits per heavy atom. The van der Waals surface area contributed by atoms with Gasteiger partial charge in [0.15, 0.2) is 5.76 Å². The molecule has 3 aromatic rings. The van der Waals surface area contributed by atoms with Crippen molar-refractivity contribution in [2.45, 2.75) is 58.0 Å². The van der Waals surface area contributed by atoms with E-state index in [1.165, 1.54) is 23.7 Å². The number of furan rings is 1. The number of nitrogens with zero attached hydrogens (tertiary/aromatic N) is 2. The zero-order valence-electron chi connectivity index (χ0n) is 20.7. The van der Waals surface area contributed by atoms with Gasteiger partial charge in [-0.05, 0) is 62.1 Å².